The molecule has 0 aromatic heterocycles. The molecule has 2 saturated heterocycles. The number of ether oxygens (including phenoxy) is 2. The Hall–Kier alpha value is -1.79. The number of hydrogen-bond donors (Lipinski definition) is 2. The predicted molar refractivity (Wildman–Crippen MR) is 106 cm³/mol. The van der Waals surface area contributed by atoms with Gasteiger partial charge < -0.3 is 25.0 Å². The molecular formula is C20H32N4O2. The van der Waals surface area contributed by atoms with Gasteiger partial charge in [-0.2, -0.15) is 0 Å². The number of hydrogen-bond acceptors (Lipinski definition) is 4. The summed E-state index contributed by atoms with van der Waals surface area (Å²) >= 11 is 0. The minimum absolute atomic E-state index is 0.353. The van der Waals surface area contributed by atoms with Gasteiger partial charge in [-0.05, 0) is 37.5 Å². The van der Waals surface area contributed by atoms with Gasteiger partial charge in [0.25, 0.3) is 0 Å². The number of rotatable bonds is 7. The van der Waals surface area contributed by atoms with Crippen molar-refractivity contribution in [2.45, 2.75) is 26.3 Å². The summed E-state index contributed by atoms with van der Waals surface area (Å²) in [5.41, 5.74) is 2.69. The summed E-state index contributed by atoms with van der Waals surface area (Å²) in [6.07, 6.45) is 2.39. The van der Waals surface area contributed by atoms with Crippen LogP contribution in [-0.2, 0) is 16.0 Å². The normalized spacial score (nSPS) is 23.0. The summed E-state index contributed by atoms with van der Waals surface area (Å²) in [7, 11) is 1.71. The first-order valence-electron chi connectivity index (χ1n) is 9.67. The van der Waals surface area contributed by atoms with E-state index < -0.39 is 0 Å². The maximum absolute atomic E-state index is 5.65. The molecule has 0 saturated carbocycles. The summed E-state index contributed by atoms with van der Waals surface area (Å²) in [4.78, 5) is 7.28. The van der Waals surface area contributed by atoms with Gasteiger partial charge in [0.1, 0.15) is 0 Å². The van der Waals surface area contributed by atoms with Crippen molar-refractivity contribution in [1.29, 1.82) is 0 Å². The maximum Gasteiger partial charge on any atom is 0.194 e. The van der Waals surface area contributed by atoms with Crippen LogP contribution in [0, 0.1) is 5.41 Å². The van der Waals surface area contributed by atoms with Crippen LogP contribution in [-0.4, -0.2) is 64.0 Å². The van der Waals surface area contributed by atoms with E-state index in [1.165, 1.54) is 18.4 Å². The Bertz CT molecular complexity index is 582. The van der Waals surface area contributed by atoms with Crippen molar-refractivity contribution in [1.82, 2.24) is 10.2 Å². The van der Waals surface area contributed by atoms with Gasteiger partial charge in [0.15, 0.2) is 5.96 Å². The molecule has 2 aliphatic rings. The van der Waals surface area contributed by atoms with Gasteiger partial charge in [-0.1, -0.05) is 12.1 Å². The number of guanidine groups is 1. The molecule has 144 valence electrons. The minimum atomic E-state index is 0.353. The molecule has 1 aromatic carbocycles. The number of likely N-dealkylation sites (tertiary alicyclic amines) is 1. The third-order valence-corrected chi connectivity index (χ3v) is 5.26. The van der Waals surface area contributed by atoms with E-state index in [9.17, 15) is 0 Å². The highest BCUT2D eigenvalue weighted by Crippen LogP contribution is 2.38. The fourth-order valence-electron chi connectivity index (χ4n) is 3.70. The standard InChI is InChI=1S/C20H32N4O2/c1-3-21-19(24-11-8-20(15-24)9-12-26-16-20)23-14-17-4-6-18(7-5-17)22-10-13-25-2/h4-7,22H,3,8-16H2,1-2H3,(H,21,23). The second kappa shape index (κ2) is 9.24. The van der Waals surface area contributed by atoms with E-state index in [1.54, 1.807) is 7.11 Å². The van der Waals surface area contributed by atoms with Crippen LogP contribution in [0.3, 0.4) is 0 Å². The highest BCUT2D eigenvalue weighted by atomic mass is 16.5. The molecule has 1 aromatic rings. The first-order chi connectivity index (χ1) is 12.7. The van der Waals surface area contributed by atoms with Crippen LogP contribution >= 0.6 is 0 Å². The molecule has 1 atom stereocenters. The van der Waals surface area contributed by atoms with Crippen LogP contribution in [0.2, 0.25) is 0 Å². The highest BCUT2D eigenvalue weighted by molar-refractivity contribution is 5.80. The van der Waals surface area contributed by atoms with Gasteiger partial charge in [0, 0.05) is 51.0 Å². The van der Waals surface area contributed by atoms with E-state index in [4.69, 9.17) is 14.5 Å². The fraction of sp³-hybridized carbons (Fsp3) is 0.650. The van der Waals surface area contributed by atoms with Crippen LogP contribution in [0.4, 0.5) is 5.69 Å². The van der Waals surface area contributed by atoms with Crippen molar-refractivity contribution >= 4 is 11.6 Å². The lowest BCUT2D eigenvalue weighted by molar-refractivity contribution is 0.156. The molecule has 0 aliphatic carbocycles. The zero-order chi connectivity index (χ0) is 18.2. The van der Waals surface area contributed by atoms with E-state index in [-0.39, 0.29) is 0 Å². The number of aliphatic imine (C=N–C) groups is 1. The Morgan fingerprint density at radius 2 is 2.15 bits per heavy atom. The summed E-state index contributed by atoms with van der Waals surface area (Å²) < 4.78 is 10.7. The number of anilines is 1. The molecule has 2 N–H and O–H groups in total. The molecule has 0 bridgehead atoms. The lowest BCUT2D eigenvalue weighted by Gasteiger charge is -2.25. The van der Waals surface area contributed by atoms with E-state index in [0.29, 0.717) is 18.6 Å². The Morgan fingerprint density at radius 3 is 2.85 bits per heavy atom. The minimum Gasteiger partial charge on any atom is -0.383 e. The van der Waals surface area contributed by atoms with Gasteiger partial charge in [0.2, 0.25) is 0 Å². The van der Waals surface area contributed by atoms with Crippen molar-refractivity contribution in [3.05, 3.63) is 29.8 Å². The lowest BCUT2D eigenvalue weighted by Crippen LogP contribution is -2.41. The van der Waals surface area contributed by atoms with E-state index >= 15 is 0 Å². The van der Waals surface area contributed by atoms with Crippen molar-refractivity contribution < 1.29 is 9.47 Å². The van der Waals surface area contributed by atoms with Crippen molar-refractivity contribution in [3.63, 3.8) is 0 Å². The Morgan fingerprint density at radius 1 is 1.31 bits per heavy atom. The lowest BCUT2D eigenvalue weighted by atomic mass is 9.87. The smallest absolute Gasteiger partial charge is 0.194 e. The Labute approximate surface area is 157 Å². The highest BCUT2D eigenvalue weighted by Gasteiger charge is 2.42. The van der Waals surface area contributed by atoms with Gasteiger partial charge >= 0.3 is 0 Å². The van der Waals surface area contributed by atoms with Gasteiger partial charge in [-0.15, -0.1) is 0 Å². The average Bonchev–Trinajstić information content (AvgIpc) is 3.30. The molecule has 3 rings (SSSR count). The van der Waals surface area contributed by atoms with Crippen LogP contribution in [0.15, 0.2) is 29.3 Å². The number of nitrogens with zero attached hydrogens (tertiary/aromatic N) is 2. The molecule has 0 amide bonds. The molecule has 2 fully saturated rings. The number of benzene rings is 1. The van der Waals surface area contributed by atoms with E-state index in [0.717, 1.165) is 51.0 Å². The van der Waals surface area contributed by atoms with Gasteiger partial charge in [-0.3, -0.25) is 0 Å². The molecule has 26 heavy (non-hydrogen) atoms. The average molecular weight is 361 g/mol. The quantitative estimate of drug-likeness (QED) is 0.444. The Balaban J connectivity index is 1.57. The van der Waals surface area contributed by atoms with Crippen molar-refractivity contribution in [2.24, 2.45) is 10.4 Å². The topological polar surface area (TPSA) is 58.1 Å². The van der Waals surface area contributed by atoms with Crippen LogP contribution in [0.5, 0.6) is 0 Å². The van der Waals surface area contributed by atoms with Crippen LogP contribution in [0.25, 0.3) is 0 Å². The molecule has 2 heterocycles. The first kappa shape index (κ1) is 19.0. The molecule has 6 heteroatoms. The van der Waals surface area contributed by atoms with Crippen molar-refractivity contribution in [2.75, 3.05) is 58.4 Å². The third kappa shape index (κ3) is 4.89. The van der Waals surface area contributed by atoms with E-state index in [2.05, 4.69) is 46.7 Å². The third-order valence-electron chi connectivity index (χ3n) is 5.26. The zero-order valence-electron chi connectivity index (χ0n) is 16.1. The Kier molecular flexibility index (Phi) is 6.74. The molecule has 6 nitrogen and oxygen atoms in total. The molecular weight excluding hydrogens is 328 g/mol. The molecule has 2 aliphatic heterocycles. The molecule has 0 radical (unpaired) electrons. The van der Waals surface area contributed by atoms with Crippen LogP contribution < -0.4 is 10.6 Å². The maximum atomic E-state index is 5.65. The summed E-state index contributed by atoms with van der Waals surface area (Å²) in [6, 6.07) is 8.49. The van der Waals surface area contributed by atoms with Crippen molar-refractivity contribution in [3.8, 4) is 0 Å². The first-order valence-corrected chi connectivity index (χ1v) is 9.67. The SMILES string of the molecule is CCNC(=NCc1ccc(NCCOC)cc1)N1CCC2(CCOC2)C1. The molecule has 1 unspecified atom stereocenters. The summed E-state index contributed by atoms with van der Waals surface area (Å²) in [5.74, 6) is 1.03. The summed E-state index contributed by atoms with van der Waals surface area (Å²) in [5, 5.41) is 6.79. The largest absolute Gasteiger partial charge is 0.383 e. The van der Waals surface area contributed by atoms with E-state index in [1.807, 2.05) is 0 Å². The zero-order valence-corrected chi connectivity index (χ0v) is 16.1. The van der Waals surface area contributed by atoms with Gasteiger partial charge in [-0.25, -0.2) is 4.99 Å². The fourth-order valence-corrected chi connectivity index (χ4v) is 3.70. The second-order valence-corrected chi connectivity index (χ2v) is 7.26. The summed E-state index contributed by atoms with van der Waals surface area (Å²) in [6.45, 7) is 9.17. The second-order valence-electron chi connectivity index (χ2n) is 7.26. The number of methoxy groups -OCH3 is 1. The van der Waals surface area contributed by atoms with Crippen LogP contribution in [0.1, 0.15) is 25.3 Å². The predicted octanol–water partition coefficient (Wildman–Crippen LogP) is 2.32. The number of nitrogens with one attached hydrogen (secondary N) is 2. The van der Waals surface area contributed by atoms with Gasteiger partial charge in [0.05, 0.1) is 19.8 Å². The molecule has 1 spiro atoms. The monoisotopic (exact) mass is 360 g/mol.